The van der Waals surface area contributed by atoms with Crippen molar-refractivity contribution < 1.29 is 36.6 Å². The lowest BCUT2D eigenvalue weighted by atomic mass is 10.1. The van der Waals surface area contributed by atoms with Crippen LogP contribution < -0.4 is 5.32 Å². The standard InChI is InChI=1S/C21H18F2N4O6S/c1-12-8-13(10-25-9-12)34(31,32)27-11-15(21(24-2)33-17(30)6-5-16(28)29)18(22)19(27)14-4-3-7-26-20(14)23/h3-11,21,24H,1-2H3,(H,28,29)/b6-5+. The second-order valence-electron chi connectivity index (χ2n) is 6.86. The number of nitrogens with one attached hydrogen (secondary N) is 1. The SMILES string of the molecule is CNC(OC(=O)/C=C/C(=O)O)c1cn(S(=O)(=O)c2cncc(C)c2)c(-c2cccnc2F)c1F. The van der Waals surface area contributed by atoms with E-state index in [0.29, 0.717) is 21.7 Å². The zero-order valence-corrected chi connectivity index (χ0v) is 18.6. The molecule has 178 valence electrons. The van der Waals surface area contributed by atoms with Crippen molar-refractivity contribution >= 4 is 22.0 Å². The molecule has 0 aromatic carbocycles. The number of carbonyl (C=O) groups excluding carboxylic acids is 1. The zero-order chi connectivity index (χ0) is 25.0. The molecular formula is C21H18F2N4O6S. The number of carboxylic acids is 1. The quantitative estimate of drug-likeness (QED) is 0.209. The van der Waals surface area contributed by atoms with Crippen molar-refractivity contribution in [3.63, 3.8) is 0 Å². The number of carbonyl (C=O) groups is 2. The van der Waals surface area contributed by atoms with Crippen LogP contribution >= 0.6 is 0 Å². The summed E-state index contributed by atoms with van der Waals surface area (Å²) in [7, 11) is -3.20. The van der Waals surface area contributed by atoms with Gasteiger partial charge in [0.2, 0.25) is 5.95 Å². The van der Waals surface area contributed by atoms with E-state index in [-0.39, 0.29) is 4.90 Å². The Labute approximate surface area is 192 Å². The van der Waals surface area contributed by atoms with Gasteiger partial charge in [-0.15, -0.1) is 0 Å². The highest BCUT2D eigenvalue weighted by Gasteiger charge is 2.32. The van der Waals surface area contributed by atoms with Crippen LogP contribution in [0, 0.1) is 18.7 Å². The van der Waals surface area contributed by atoms with Crippen molar-refractivity contribution in [3.8, 4) is 11.3 Å². The van der Waals surface area contributed by atoms with Crippen LogP contribution in [0.15, 0.2) is 60.0 Å². The first-order valence-corrected chi connectivity index (χ1v) is 11.0. The van der Waals surface area contributed by atoms with E-state index in [9.17, 15) is 22.4 Å². The molecule has 1 atom stereocenters. The molecule has 3 heterocycles. The Morgan fingerprint density at radius 2 is 2.00 bits per heavy atom. The summed E-state index contributed by atoms with van der Waals surface area (Å²) in [6.45, 7) is 1.61. The highest BCUT2D eigenvalue weighted by molar-refractivity contribution is 7.90. The van der Waals surface area contributed by atoms with Gasteiger partial charge >= 0.3 is 11.9 Å². The second kappa shape index (κ2) is 9.89. The fourth-order valence-corrected chi connectivity index (χ4v) is 4.43. The Hall–Kier alpha value is -3.97. The third-order valence-electron chi connectivity index (χ3n) is 4.50. The third-order valence-corrected chi connectivity index (χ3v) is 6.12. The molecule has 0 bridgehead atoms. The number of ether oxygens (including phenoxy) is 1. The van der Waals surface area contributed by atoms with Crippen LogP contribution in [0.4, 0.5) is 8.78 Å². The molecule has 2 N–H and O–H groups in total. The van der Waals surface area contributed by atoms with Crippen LogP contribution in [0.5, 0.6) is 0 Å². The van der Waals surface area contributed by atoms with Gasteiger partial charge in [0.1, 0.15) is 10.6 Å². The number of pyridine rings is 2. The Morgan fingerprint density at radius 3 is 2.62 bits per heavy atom. The van der Waals surface area contributed by atoms with Gasteiger partial charge in [0.15, 0.2) is 12.0 Å². The smallest absolute Gasteiger partial charge is 0.332 e. The van der Waals surface area contributed by atoms with Crippen molar-refractivity contribution in [2.45, 2.75) is 18.0 Å². The molecule has 0 aliphatic rings. The molecule has 0 saturated heterocycles. The average Bonchev–Trinajstić information content (AvgIpc) is 3.14. The summed E-state index contributed by atoms with van der Waals surface area (Å²) in [6.07, 6.45) is 3.98. The molecule has 3 rings (SSSR count). The van der Waals surface area contributed by atoms with E-state index in [1.165, 1.54) is 25.4 Å². The molecule has 0 aliphatic carbocycles. The monoisotopic (exact) mass is 492 g/mol. The molecule has 13 heteroatoms. The zero-order valence-electron chi connectivity index (χ0n) is 17.8. The molecule has 1 unspecified atom stereocenters. The number of aromatic nitrogens is 3. The van der Waals surface area contributed by atoms with Gasteiger partial charge in [0, 0.05) is 36.9 Å². The van der Waals surface area contributed by atoms with Gasteiger partial charge in [-0.25, -0.2) is 31.4 Å². The molecular weight excluding hydrogens is 474 g/mol. The van der Waals surface area contributed by atoms with Crippen molar-refractivity contribution in [2.24, 2.45) is 0 Å². The lowest BCUT2D eigenvalue weighted by molar-refractivity contribution is -0.145. The first-order valence-electron chi connectivity index (χ1n) is 9.54. The summed E-state index contributed by atoms with van der Waals surface area (Å²) in [5.41, 5.74) is -1.08. The summed E-state index contributed by atoms with van der Waals surface area (Å²) >= 11 is 0. The molecule has 0 radical (unpaired) electrons. The van der Waals surface area contributed by atoms with Crippen LogP contribution in [-0.4, -0.2) is 46.5 Å². The second-order valence-corrected chi connectivity index (χ2v) is 8.68. The Morgan fingerprint density at radius 1 is 1.26 bits per heavy atom. The fourth-order valence-electron chi connectivity index (χ4n) is 3.01. The van der Waals surface area contributed by atoms with Crippen LogP contribution in [-0.2, 0) is 24.3 Å². The van der Waals surface area contributed by atoms with E-state index < -0.39 is 56.8 Å². The minimum atomic E-state index is -4.49. The number of hydrogen-bond donors (Lipinski definition) is 2. The van der Waals surface area contributed by atoms with Gasteiger partial charge in [0.25, 0.3) is 10.0 Å². The predicted molar refractivity (Wildman–Crippen MR) is 114 cm³/mol. The number of aliphatic carboxylic acids is 1. The van der Waals surface area contributed by atoms with E-state index in [2.05, 4.69) is 15.3 Å². The van der Waals surface area contributed by atoms with E-state index in [1.807, 2.05) is 0 Å². The minimum Gasteiger partial charge on any atom is -0.478 e. The van der Waals surface area contributed by atoms with Gasteiger partial charge < -0.3 is 9.84 Å². The van der Waals surface area contributed by atoms with Crippen LogP contribution in [0.1, 0.15) is 17.4 Å². The first-order chi connectivity index (χ1) is 16.1. The summed E-state index contributed by atoms with van der Waals surface area (Å²) < 4.78 is 62.4. The molecule has 0 fully saturated rings. The molecule has 34 heavy (non-hydrogen) atoms. The maximum Gasteiger partial charge on any atom is 0.332 e. The van der Waals surface area contributed by atoms with Gasteiger partial charge in [-0.1, -0.05) is 0 Å². The summed E-state index contributed by atoms with van der Waals surface area (Å²) in [6, 6.07) is 3.73. The topological polar surface area (TPSA) is 140 Å². The largest absolute Gasteiger partial charge is 0.478 e. The number of rotatable bonds is 8. The minimum absolute atomic E-state index is 0.290. The molecule has 3 aromatic rings. The van der Waals surface area contributed by atoms with Crippen LogP contribution in [0.2, 0.25) is 0 Å². The predicted octanol–water partition coefficient (Wildman–Crippen LogP) is 2.17. The van der Waals surface area contributed by atoms with Crippen molar-refractivity contribution in [3.05, 3.63) is 78.0 Å². The molecule has 0 aliphatic heterocycles. The van der Waals surface area contributed by atoms with Gasteiger partial charge in [0.05, 0.1) is 11.1 Å². The first kappa shape index (κ1) is 24.7. The van der Waals surface area contributed by atoms with E-state index in [0.717, 1.165) is 24.7 Å². The molecule has 0 spiro atoms. The van der Waals surface area contributed by atoms with Crippen molar-refractivity contribution in [1.29, 1.82) is 0 Å². The highest BCUT2D eigenvalue weighted by atomic mass is 32.2. The van der Waals surface area contributed by atoms with Crippen molar-refractivity contribution in [2.75, 3.05) is 7.05 Å². The lowest BCUT2D eigenvalue weighted by Crippen LogP contribution is -2.23. The number of aryl methyl sites for hydroxylation is 1. The maximum atomic E-state index is 15.6. The van der Waals surface area contributed by atoms with E-state index >= 15 is 4.39 Å². The van der Waals surface area contributed by atoms with Gasteiger partial charge in [-0.05, 0) is 37.7 Å². The van der Waals surface area contributed by atoms with Crippen LogP contribution in [0.25, 0.3) is 11.3 Å². The number of nitrogens with zero attached hydrogens (tertiary/aromatic N) is 3. The Kier molecular flexibility index (Phi) is 7.17. The fraction of sp³-hybridized carbons (Fsp3) is 0.143. The highest BCUT2D eigenvalue weighted by Crippen LogP contribution is 2.34. The molecule has 3 aromatic heterocycles. The molecule has 10 nitrogen and oxygen atoms in total. The van der Waals surface area contributed by atoms with E-state index in [1.54, 1.807) is 6.92 Å². The summed E-state index contributed by atoms with van der Waals surface area (Å²) in [5.74, 6) is -4.89. The number of carboxylic acid groups (broad SMARTS) is 1. The van der Waals surface area contributed by atoms with Crippen LogP contribution in [0.3, 0.4) is 0 Å². The van der Waals surface area contributed by atoms with Gasteiger partial charge in [-0.3, -0.25) is 10.3 Å². The normalized spacial score (nSPS) is 12.6. The average molecular weight is 492 g/mol. The number of halogens is 2. The summed E-state index contributed by atoms with van der Waals surface area (Å²) in [5, 5.41) is 11.1. The Bertz CT molecular complexity index is 1390. The van der Waals surface area contributed by atoms with Crippen molar-refractivity contribution in [1.82, 2.24) is 19.3 Å². The molecule has 0 saturated carbocycles. The summed E-state index contributed by atoms with van der Waals surface area (Å²) in [4.78, 5) is 29.5. The third kappa shape index (κ3) is 5.00. The molecule has 0 amide bonds. The number of hydrogen-bond acceptors (Lipinski definition) is 8. The maximum absolute atomic E-state index is 15.6. The van der Waals surface area contributed by atoms with Gasteiger partial charge in [-0.2, -0.15) is 4.39 Å². The number of esters is 1. The lowest BCUT2D eigenvalue weighted by Gasteiger charge is -2.15. The van der Waals surface area contributed by atoms with E-state index in [4.69, 9.17) is 9.84 Å². The Balaban J connectivity index is 2.21.